The fourth-order valence-electron chi connectivity index (χ4n) is 2.33. The molecule has 1 fully saturated rings. The van der Waals surface area contributed by atoms with Crippen molar-refractivity contribution in [1.29, 1.82) is 0 Å². The van der Waals surface area contributed by atoms with E-state index in [1.807, 2.05) is 6.07 Å². The summed E-state index contributed by atoms with van der Waals surface area (Å²) in [6.07, 6.45) is 4.43. The molecule has 0 aliphatic heterocycles. The van der Waals surface area contributed by atoms with E-state index in [1.54, 1.807) is 0 Å². The average molecular weight is 242 g/mol. The lowest BCUT2D eigenvalue weighted by Gasteiger charge is -2.07. The largest absolute Gasteiger partial charge is 0.324 e. The summed E-state index contributed by atoms with van der Waals surface area (Å²) >= 11 is 0. The predicted octanol–water partition coefficient (Wildman–Crippen LogP) is 1.86. The molecule has 2 aromatic rings. The summed E-state index contributed by atoms with van der Waals surface area (Å²) in [6, 6.07) is 11.1. The van der Waals surface area contributed by atoms with Crippen LogP contribution in [-0.2, 0) is 19.4 Å². The second-order valence-corrected chi connectivity index (χ2v) is 4.82. The quantitative estimate of drug-likeness (QED) is 0.870. The van der Waals surface area contributed by atoms with Gasteiger partial charge in [-0.05, 0) is 24.8 Å². The maximum atomic E-state index is 5.71. The Hall–Kier alpha value is -1.68. The van der Waals surface area contributed by atoms with Gasteiger partial charge < -0.3 is 10.3 Å². The SMILES string of the molecule is NCc1nnc(CCc2ccccc2)n1C1CC1. The van der Waals surface area contributed by atoms with Gasteiger partial charge in [0.1, 0.15) is 11.6 Å². The molecule has 0 amide bonds. The summed E-state index contributed by atoms with van der Waals surface area (Å²) in [4.78, 5) is 0. The van der Waals surface area contributed by atoms with Crippen LogP contribution >= 0.6 is 0 Å². The van der Waals surface area contributed by atoms with E-state index in [2.05, 4.69) is 39.0 Å². The average Bonchev–Trinajstić information content (AvgIpc) is 3.18. The van der Waals surface area contributed by atoms with Crippen LogP contribution in [0.15, 0.2) is 30.3 Å². The van der Waals surface area contributed by atoms with E-state index in [1.165, 1.54) is 18.4 Å². The first kappa shape index (κ1) is 11.4. The van der Waals surface area contributed by atoms with E-state index in [-0.39, 0.29) is 0 Å². The van der Waals surface area contributed by atoms with Crippen LogP contribution in [0.2, 0.25) is 0 Å². The summed E-state index contributed by atoms with van der Waals surface area (Å²) in [5.41, 5.74) is 7.06. The molecule has 1 aromatic heterocycles. The van der Waals surface area contributed by atoms with Crippen molar-refractivity contribution < 1.29 is 0 Å². The van der Waals surface area contributed by atoms with Crippen molar-refractivity contribution in [3.8, 4) is 0 Å². The third-order valence-corrected chi connectivity index (χ3v) is 3.41. The van der Waals surface area contributed by atoms with E-state index >= 15 is 0 Å². The number of aryl methyl sites for hydroxylation is 2. The molecular weight excluding hydrogens is 224 g/mol. The van der Waals surface area contributed by atoms with Crippen LogP contribution in [0.3, 0.4) is 0 Å². The lowest BCUT2D eigenvalue weighted by atomic mass is 10.1. The van der Waals surface area contributed by atoms with Gasteiger partial charge in [-0.25, -0.2) is 0 Å². The summed E-state index contributed by atoms with van der Waals surface area (Å²) in [6.45, 7) is 0.481. The Morgan fingerprint density at radius 2 is 1.78 bits per heavy atom. The summed E-state index contributed by atoms with van der Waals surface area (Å²) in [5, 5.41) is 8.49. The van der Waals surface area contributed by atoms with E-state index in [4.69, 9.17) is 5.73 Å². The first-order valence-corrected chi connectivity index (χ1v) is 6.55. The normalized spacial score (nSPS) is 14.9. The molecule has 0 unspecified atom stereocenters. The van der Waals surface area contributed by atoms with E-state index in [0.717, 1.165) is 24.5 Å². The molecule has 1 aromatic carbocycles. The van der Waals surface area contributed by atoms with Crippen LogP contribution in [0.1, 0.15) is 36.1 Å². The lowest BCUT2D eigenvalue weighted by molar-refractivity contribution is 0.639. The second kappa shape index (κ2) is 4.90. The first-order valence-electron chi connectivity index (χ1n) is 6.55. The lowest BCUT2D eigenvalue weighted by Crippen LogP contribution is -2.10. The minimum Gasteiger partial charge on any atom is -0.324 e. The molecule has 1 aliphatic carbocycles. The molecule has 3 rings (SSSR count). The zero-order valence-corrected chi connectivity index (χ0v) is 10.4. The highest BCUT2D eigenvalue weighted by Crippen LogP contribution is 2.36. The number of nitrogens with two attached hydrogens (primary N) is 1. The van der Waals surface area contributed by atoms with Gasteiger partial charge in [0.15, 0.2) is 0 Å². The minimum absolute atomic E-state index is 0.481. The number of rotatable bonds is 5. The topological polar surface area (TPSA) is 56.7 Å². The van der Waals surface area contributed by atoms with Crippen LogP contribution in [0.4, 0.5) is 0 Å². The van der Waals surface area contributed by atoms with Gasteiger partial charge >= 0.3 is 0 Å². The Bertz CT molecular complexity index is 514. The second-order valence-electron chi connectivity index (χ2n) is 4.82. The number of hydrogen-bond donors (Lipinski definition) is 1. The monoisotopic (exact) mass is 242 g/mol. The fraction of sp³-hybridized carbons (Fsp3) is 0.429. The molecule has 0 saturated heterocycles. The number of aromatic nitrogens is 3. The third-order valence-electron chi connectivity index (χ3n) is 3.41. The van der Waals surface area contributed by atoms with Crippen molar-refractivity contribution in [2.45, 2.75) is 38.3 Å². The zero-order chi connectivity index (χ0) is 12.4. The van der Waals surface area contributed by atoms with Crippen molar-refractivity contribution in [1.82, 2.24) is 14.8 Å². The van der Waals surface area contributed by atoms with Crippen molar-refractivity contribution in [3.63, 3.8) is 0 Å². The smallest absolute Gasteiger partial charge is 0.147 e. The molecule has 94 valence electrons. The molecule has 0 bridgehead atoms. The molecule has 0 atom stereocenters. The summed E-state index contributed by atoms with van der Waals surface area (Å²) in [7, 11) is 0. The van der Waals surface area contributed by atoms with Gasteiger partial charge in [-0.2, -0.15) is 0 Å². The van der Waals surface area contributed by atoms with Gasteiger partial charge in [0.25, 0.3) is 0 Å². The molecule has 4 heteroatoms. The standard InChI is InChI=1S/C14H18N4/c15-10-14-17-16-13(18(14)12-7-8-12)9-6-11-4-2-1-3-5-11/h1-5,12H,6-10,15H2. The first-order chi connectivity index (χ1) is 8.88. The molecule has 1 aliphatic rings. The van der Waals surface area contributed by atoms with Crippen LogP contribution in [-0.4, -0.2) is 14.8 Å². The van der Waals surface area contributed by atoms with Gasteiger partial charge in [0, 0.05) is 12.5 Å². The van der Waals surface area contributed by atoms with Crippen molar-refractivity contribution in [2.24, 2.45) is 5.73 Å². The Labute approximate surface area is 107 Å². The number of hydrogen-bond acceptors (Lipinski definition) is 3. The molecule has 4 nitrogen and oxygen atoms in total. The Balaban J connectivity index is 1.74. The maximum Gasteiger partial charge on any atom is 0.147 e. The third kappa shape index (κ3) is 2.29. The highest BCUT2D eigenvalue weighted by atomic mass is 15.3. The number of benzene rings is 1. The van der Waals surface area contributed by atoms with Crippen LogP contribution in [0.25, 0.3) is 0 Å². The van der Waals surface area contributed by atoms with Crippen molar-refractivity contribution in [2.75, 3.05) is 0 Å². The van der Waals surface area contributed by atoms with Gasteiger partial charge in [-0.3, -0.25) is 0 Å². The molecule has 0 radical (unpaired) electrons. The molecule has 1 heterocycles. The Morgan fingerprint density at radius 3 is 2.44 bits per heavy atom. The summed E-state index contributed by atoms with van der Waals surface area (Å²) in [5.74, 6) is 2.02. The Kier molecular flexibility index (Phi) is 3.11. The molecule has 1 saturated carbocycles. The zero-order valence-electron chi connectivity index (χ0n) is 10.4. The van der Waals surface area contributed by atoms with Gasteiger partial charge in [0.2, 0.25) is 0 Å². The van der Waals surface area contributed by atoms with Gasteiger partial charge in [0.05, 0.1) is 6.54 Å². The van der Waals surface area contributed by atoms with Gasteiger partial charge in [-0.15, -0.1) is 10.2 Å². The van der Waals surface area contributed by atoms with E-state index < -0.39 is 0 Å². The molecule has 2 N–H and O–H groups in total. The maximum absolute atomic E-state index is 5.71. The minimum atomic E-state index is 0.481. The van der Waals surface area contributed by atoms with E-state index in [0.29, 0.717) is 12.6 Å². The van der Waals surface area contributed by atoms with Crippen molar-refractivity contribution >= 4 is 0 Å². The van der Waals surface area contributed by atoms with Crippen LogP contribution in [0.5, 0.6) is 0 Å². The molecular formula is C14H18N4. The highest BCUT2D eigenvalue weighted by Gasteiger charge is 2.28. The van der Waals surface area contributed by atoms with Crippen LogP contribution in [0, 0.1) is 0 Å². The molecule has 18 heavy (non-hydrogen) atoms. The van der Waals surface area contributed by atoms with Gasteiger partial charge in [-0.1, -0.05) is 30.3 Å². The Morgan fingerprint density at radius 1 is 1.06 bits per heavy atom. The highest BCUT2D eigenvalue weighted by molar-refractivity contribution is 5.16. The molecule has 0 spiro atoms. The van der Waals surface area contributed by atoms with Crippen molar-refractivity contribution in [3.05, 3.63) is 47.5 Å². The number of nitrogens with zero attached hydrogens (tertiary/aromatic N) is 3. The predicted molar refractivity (Wildman–Crippen MR) is 70.0 cm³/mol. The van der Waals surface area contributed by atoms with Crippen LogP contribution < -0.4 is 5.73 Å². The van der Waals surface area contributed by atoms with E-state index in [9.17, 15) is 0 Å². The summed E-state index contributed by atoms with van der Waals surface area (Å²) < 4.78 is 2.25. The fourth-order valence-corrected chi connectivity index (χ4v) is 2.33.